The fourth-order valence-corrected chi connectivity index (χ4v) is 3.79. The van der Waals surface area contributed by atoms with Crippen molar-refractivity contribution in [3.8, 4) is 54.6 Å². The molecule has 0 bridgehead atoms. The van der Waals surface area contributed by atoms with E-state index in [-0.39, 0.29) is 44.2 Å². The van der Waals surface area contributed by atoms with Crippen molar-refractivity contribution < 1.29 is 0 Å². The van der Waals surface area contributed by atoms with Gasteiger partial charge < -0.3 is 0 Å². The van der Waals surface area contributed by atoms with Gasteiger partial charge in [-0.2, -0.15) is 47.4 Å². The third kappa shape index (κ3) is 2.21. The highest BCUT2D eigenvalue weighted by atomic mass is 14.5. The van der Waals surface area contributed by atoms with E-state index in [2.05, 4.69) is 0 Å². The maximum Gasteiger partial charge on any atom is 0.109 e. The van der Waals surface area contributed by atoms with Gasteiger partial charge in [-0.05, 0) is 5.56 Å². The van der Waals surface area contributed by atoms with E-state index in [1.54, 1.807) is 48.6 Å². The molecule has 0 unspecified atom stereocenters. The molecule has 0 fully saturated rings. The first-order valence-electron chi connectivity index (χ1n) is 8.13. The summed E-state index contributed by atoms with van der Waals surface area (Å²) in [6, 6.07) is 15.9. The SMILES string of the molecule is N#CC1=C(C#N)[C@@H](C#N)c2c1c(C#N)c(C#N)c1c(C#N)c(C#N)c(C#N)c(C#N)c21. The van der Waals surface area contributed by atoms with Gasteiger partial charge in [-0.3, -0.25) is 0 Å². The van der Waals surface area contributed by atoms with Gasteiger partial charge >= 0.3 is 0 Å². The molecule has 0 aromatic heterocycles. The fraction of sp³-hybridized carbons (Fsp3) is 0.0455. The van der Waals surface area contributed by atoms with Gasteiger partial charge in [-0.25, -0.2) is 0 Å². The van der Waals surface area contributed by atoms with Gasteiger partial charge in [0.05, 0.1) is 56.7 Å². The molecule has 0 radical (unpaired) electrons. The quantitative estimate of drug-likeness (QED) is 0.643. The highest BCUT2D eigenvalue weighted by Crippen LogP contribution is 2.49. The molecule has 0 heterocycles. The van der Waals surface area contributed by atoms with E-state index in [0.717, 1.165) is 0 Å². The molecule has 134 valence electrons. The highest BCUT2D eigenvalue weighted by molar-refractivity contribution is 6.10. The first-order chi connectivity index (χ1) is 15.0. The largest absolute Gasteiger partial charge is 0.197 e. The van der Waals surface area contributed by atoms with Crippen LogP contribution in [0.2, 0.25) is 0 Å². The Bertz CT molecular complexity index is 1670. The average Bonchev–Trinajstić information content (AvgIpc) is 3.13. The van der Waals surface area contributed by atoms with Crippen LogP contribution in [0.4, 0.5) is 0 Å². The monoisotopic (exact) mass is 391 g/mol. The van der Waals surface area contributed by atoms with Crippen LogP contribution in [-0.4, -0.2) is 0 Å². The topological polar surface area (TPSA) is 214 Å². The predicted octanol–water partition coefficient (Wildman–Crippen LogP) is 2.49. The summed E-state index contributed by atoms with van der Waals surface area (Å²) in [4.78, 5) is 0. The van der Waals surface area contributed by atoms with Gasteiger partial charge in [0.15, 0.2) is 0 Å². The number of hydrogen-bond donors (Lipinski definition) is 0. The number of nitriles is 9. The first kappa shape index (κ1) is 19.6. The minimum absolute atomic E-state index is 0.0878. The van der Waals surface area contributed by atoms with E-state index in [0.29, 0.717) is 0 Å². The van der Waals surface area contributed by atoms with Crippen LogP contribution in [0, 0.1) is 102 Å². The second kappa shape index (κ2) is 7.11. The van der Waals surface area contributed by atoms with Crippen LogP contribution in [0.5, 0.6) is 0 Å². The van der Waals surface area contributed by atoms with E-state index < -0.39 is 28.2 Å². The van der Waals surface area contributed by atoms with Crippen LogP contribution >= 0.6 is 0 Å². The van der Waals surface area contributed by atoms with E-state index in [4.69, 9.17) is 0 Å². The number of benzene rings is 2. The predicted molar refractivity (Wildman–Crippen MR) is 98.7 cm³/mol. The first-order valence-corrected chi connectivity index (χ1v) is 8.13. The Balaban J connectivity index is 2.95. The Morgan fingerprint density at radius 1 is 0.452 bits per heavy atom. The molecule has 2 aromatic carbocycles. The molecule has 1 aliphatic carbocycles. The molecule has 0 N–H and O–H groups in total. The summed E-state index contributed by atoms with van der Waals surface area (Å²) >= 11 is 0. The second-order valence-corrected chi connectivity index (χ2v) is 6.03. The fourth-order valence-electron chi connectivity index (χ4n) is 3.79. The number of allylic oxidation sites excluding steroid dienone is 2. The van der Waals surface area contributed by atoms with Gasteiger partial charge in [0.1, 0.15) is 48.4 Å². The Morgan fingerprint density at radius 3 is 1.29 bits per heavy atom. The Hall–Kier alpha value is -6.15. The molecule has 9 heteroatoms. The Labute approximate surface area is 174 Å². The molecule has 9 nitrogen and oxygen atoms in total. The second-order valence-electron chi connectivity index (χ2n) is 6.03. The molecule has 31 heavy (non-hydrogen) atoms. The Morgan fingerprint density at radius 2 is 0.903 bits per heavy atom. The molecule has 0 saturated heterocycles. The zero-order chi connectivity index (χ0) is 22.9. The van der Waals surface area contributed by atoms with Gasteiger partial charge in [-0.1, -0.05) is 0 Å². The van der Waals surface area contributed by atoms with Crippen molar-refractivity contribution in [1.82, 2.24) is 0 Å². The molecule has 0 aliphatic heterocycles. The van der Waals surface area contributed by atoms with Crippen LogP contribution in [-0.2, 0) is 0 Å². The van der Waals surface area contributed by atoms with Gasteiger partial charge in [0.25, 0.3) is 0 Å². The lowest BCUT2D eigenvalue weighted by molar-refractivity contribution is 1.08. The molecule has 2 aromatic rings. The maximum atomic E-state index is 9.79. The molecule has 0 saturated carbocycles. The zero-order valence-electron chi connectivity index (χ0n) is 15.1. The molecular weight excluding hydrogens is 390 g/mol. The highest BCUT2D eigenvalue weighted by Gasteiger charge is 2.40. The van der Waals surface area contributed by atoms with E-state index >= 15 is 0 Å². The van der Waals surface area contributed by atoms with Crippen LogP contribution in [0.1, 0.15) is 50.4 Å². The van der Waals surface area contributed by atoms with Crippen LogP contribution in [0.25, 0.3) is 16.3 Å². The lowest BCUT2D eigenvalue weighted by Crippen LogP contribution is -2.07. The van der Waals surface area contributed by atoms with Crippen molar-refractivity contribution in [2.24, 2.45) is 0 Å². The van der Waals surface area contributed by atoms with Crippen molar-refractivity contribution in [1.29, 1.82) is 47.4 Å². The van der Waals surface area contributed by atoms with Crippen LogP contribution in [0.15, 0.2) is 5.57 Å². The summed E-state index contributed by atoms with van der Waals surface area (Å²) in [5.41, 5.74) is -3.27. The van der Waals surface area contributed by atoms with E-state index in [9.17, 15) is 47.4 Å². The summed E-state index contributed by atoms with van der Waals surface area (Å²) < 4.78 is 0. The number of rotatable bonds is 0. The number of fused-ring (bicyclic) bond motifs is 3. The smallest absolute Gasteiger partial charge is 0.109 e. The summed E-state index contributed by atoms with van der Waals surface area (Å²) in [7, 11) is 0. The molecule has 0 amide bonds. The number of nitrogens with zero attached hydrogens (tertiary/aromatic N) is 9. The van der Waals surface area contributed by atoms with Crippen molar-refractivity contribution in [2.75, 3.05) is 0 Å². The molecule has 1 atom stereocenters. The molecule has 1 aliphatic rings. The Kier molecular flexibility index (Phi) is 4.50. The third-order valence-electron chi connectivity index (χ3n) is 4.92. The van der Waals surface area contributed by atoms with Crippen molar-refractivity contribution in [3.63, 3.8) is 0 Å². The number of hydrogen-bond acceptors (Lipinski definition) is 9. The van der Waals surface area contributed by atoms with E-state index in [1.165, 1.54) is 0 Å². The zero-order valence-corrected chi connectivity index (χ0v) is 15.1. The van der Waals surface area contributed by atoms with Crippen molar-refractivity contribution >= 4 is 16.3 Å². The summed E-state index contributed by atoms with van der Waals surface area (Å²) in [6.07, 6.45) is 0. The molecular formula is C22HN9. The van der Waals surface area contributed by atoms with Gasteiger partial charge in [0, 0.05) is 16.3 Å². The summed E-state index contributed by atoms with van der Waals surface area (Å²) in [6.45, 7) is 0. The lowest BCUT2D eigenvalue weighted by Gasteiger charge is -2.17. The summed E-state index contributed by atoms with van der Waals surface area (Å²) in [5, 5.41) is 86.6. The third-order valence-corrected chi connectivity index (χ3v) is 4.92. The van der Waals surface area contributed by atoms with Crippen LogP contribution < -0.4 is 0 Å². The minimum Gasteiger partial charge on any atom is -0.197 e. The lowest BCUT2D eigenvalue weighted by atomic mass is 9.80. The van der Waals surface area contributed by atoms with Crippen molar-refractivity contribution in [3.05, 3.63) is 50.1 Å². The molecule has 3 rings (SSSR count). The van der Waals surface area contributed by atoms with Gasteiger partial charge in [0.2, 0.25) is 0 Å². The minimum atomic E-state index is -1.38. The maximum absolute atomic E-state index is 9.79. The normalized spacial score (nSPS) is 13.1. The van der Waals surface area contributed by atoms with Gasteiger partial charge in [-0.15, -0.1) is 0 Å². The standard InChI is InChI=1S/C22HN9/c23-1-10-11(2-24)15(6-28)21-19(13(10)4-26)17(8-30)18(9-31)20-14(5-27)12(3-25)16(7-29)22(20)21/h16H/t16-/m1/s1. The molecule has 0 spiro atoms. The van der Waals surface area contributed by atoms with Crippen molar-refractivity contribution in [2.45, 2.75) is 5.92 Å². The summed E-state index contributed by atoms with van der Waals surface area (Å²) in [5.74, 6) is -1.38. The van der Waals surface area contributed by atoms with E-state index in [1.807, 2.05) is 6.07 Å². The van der Waals surface area contributed by atoms with Crippen LogP contribution in [0.3, 0.4) is 0 Å². The average molecular weight is 391 g/mol.